The van der Waals surface area contributed by atoms with Gasteiger partial charge in [-0.25, -0.2) is 13.8 Å². The van der Waals surface area contributed by atoms with Gasteiger partial charge in [0, 0.05) is 41.7 Å². The maximum atomic E-state index is 13.3. The van der Waals surface area contributed by atoms with Gasteiger partial charge >= 0.3 is 0 Å². The lowest BCUT2D eigenvalue weighted by molar-refractivity contribution is -0.126. The molecule has 3 N–H and O–H groups in total. The lowest BCUT2D eigenvalue weighted by Gasteiger charge is -2.31. The lowest BCUT2D eigenvalue weighted by atomic mass is 9.95. The maximum absolute atomic E-state index is 13.3. The fourth-order valence-corrected chi connectivity index (χ4v) is 4.31. The first kappa shape index (κ1) is 19.7. The summed E-state index contributed by atoms with van der Waals surface area (Å²) in [7, 11) is 0. The van der Waals surface area contributed by atoms with E-state index in [1.54, 1.807) is 0 Å². The van der Waals surface area contributed by atoms with Crippen molar-refractivity contribution >= 4 is 27.8 Å². The number of nitrogens with one attached hydrogen (secondary N) is 3. The van der Waals surface area contributed by atoms with Crippen LogP contribution in [0.15, 0.2) is 42.6 Å². The quantitative estimate of drug-likeness (QED) is 0.456. The number of aromatic amines is 2. The number of carbonyl (C=O) groups excluding carboxylic acids is 1. The zero-order valence-corrected chi connectivity index (χ0v) is 16.9. The second-order valence-corrected chi connectivity index (χ2v) is 8.09. The molecule has 0 unspecified atom stereocenters. The molecule has 0 spiro atoms. The number of benzene rings is 2. The molecule has 1 aliphatic rings. The molecule has 5 rings (SSSR count). The number of imidazole rings is 1. The number of aromatic nitrogens is 3. The molecule has 1 saturated heterocycles. The highest BCUT2D eigenvalue weighted by molar-refractivity contribution is 5.83. The van der Waals surface area contributed by atoms with Crippen LogP contribution < -0.4 is 5.32 Å². The fourth-order valence-electron chi connectivity index (χ4n) is 4.31. The van der Waals surface area contributed by atoms with Crippen LogP contribution in [-0.4, -0.2) is 38.8 Å². The van der Waals surface area contributed by atoms with E-state index in [2.05, 4.69) is 43.5 Å². The number of H-pyrrole nitrogens is 2. The zero-order chi connectivity index (χ0) is 21.4. The van der Waals surface area contributed by atoms with E-state index < -0.39 is 11.6 Å². The molecule has 1 fully saturated rings. The summed E-state index contributed by atoms with van der Waals surface area (Å²) in [6.45, 7) is 2.79. The van der Waals surface area contributed by atoms with Crippen LogP contribution in [0.5, 0.6) is 0 Å². The number of rotatable bonds is 5. The summed E-state index contributed by atoms with van der Waals surface area (Å²) in [6, 6.07) is 10.4. The minimum Gasteiger partial charge on any atom is -0.361 e. The number of hydrogen-bond donors (Lipinski definition) is 3. The molecule has 6 nitrogen and oxygen atoms in total. The van der Waals surface area contributed by atoms with Gasteiger partial charge in [-0.2, -0.15) is 0 Å². The minimum atomic E-state index is -0.936. The van der Waals surface area contributed by atoms with Crippen molar-refractivity contribution in [2.24, 2.45) is 5.92 Å². The molecular weight excluding hydrogens is 400 g/mol. The summed E-state index contributed by atoms with van der Waals surface area (Å²) in [4.78, 5) is 25.4. The largest absolute Gasteiger partial charge is 0.361 e. The first-order chi connectivity index (χ1) is 15.1. The topological polar surface area (TPSA) is 76.8 Å². The van der Waals surface area contributed by atoms with Crippen LogP contribution in [0.3, 0.4) is 0 Å². The monoisotopic (exact) mass is 423 g/mol. The molecule has 3 heterocycles. The van der Waals surface area contributed by atoms with Gasteiger partial charge in [-0.1, -0.05) is 18.2 Å². The number of fused-ring (bicyclic) bond motifs is 2. The fraction of sp³-hybridized carbons (Fsp3) is 0.304. The second kappa shape index (κ2) is 8.11. The molecule has 2 aromatic heterocycles. The van der Waals surface area contributed by atoms with Gasteiger partial charge in [0.2, 0.25) is 5.91 Å². The molecule has 0 saturated carbocycles. The van der Waals surface area contributed by atoms with Crippen LogP contribution in [-0.2, 0) is 17.9 Å². The van der Waals surface area contributed by atoms with Crippen molar-refractivity contribution in [1.29, 1.82) is 0 Å². The predicted molar refractivity (Wildman–Crippen MR) is 114 cm³/mol. The van der Waals surface area contributed by atoms with Crippen LogP contribution >= 0.6 is 0 Å². The lowest BCUT2D eigenvalue weighted by Crippen LogP contribution is -2.40. The number of piperidine rings is 1. The summed E-state index contributed by atoms with van der Waals surface area (Å²) in [5.74, 6) is -1.44. The van der Waals surface area contributed by atoms with Crippen LogP contribution in [0.4, 0.5) is 8.78 Å². The molecule has 0 aliphatic carbocycles. The SMILES string of the molecule is O=C(NCc1nc2cc(F)c(F)cc2[nH]1)C1CCN(Cc2c[nH]c3ccccc23)CC1. The van der Waals surface area contributed by atoms with E-state index in [1.165, 1.54) is 10.9 Å². The molecule has 1 amide bonds. The van der Waals surface area contributed by atoms with E-state index in [0.717, 1.165) is 50.1 Å². The van der Waals surface area contributed by atoms with E-state index in [4.69, 9.17) is 0 Å². The average Bonchev–Trinajstić information content (AvgIpc) is 3.36. The van der Waals surface area contributed by atoms with Crippen molar-refractivity contribution in [3.8, 4) is 0 Å². The van der Waals surface area contributed by atoms with Crippen molar-refractivity contribution in [2.75, 3.05) is 13.1 Å². The standard InChI is InChI=1S/C23H23F2N5O/c24-17-9-20-21(10-18(17)25)29-22(28-20)12-27-23(31)14-5-7-30(8-6-14)13-15-11-26-19-4-2-1-3-16(15)19/h1-4,9-11,14,26H,5-8,12-13H2,(H,27,31)(H,28,29). The molecule has 0 atom stereocenters. The second-order valence-electron chi connectivity index (χ2n) is 8.09. The third-order valence-electron chi connectivity index (χ3n) is 6.03. The van der Waals surface area contributed by atoms with Gasteiger partial charge in [0.15, 0.2) is 11.6 Å². The van der Waals surface area contributed by atoms with Crippen LogP contribution in [0.1, 0.15) is 24.2 Å². The minimum absolute atomic E-state index is 0.00967. The van der Waals surface area contributed by atoms with Crippen LogP contribution in [0.25, 0.3) is 21.9 Å². The number of nitrogens with zero attached hydrogens (tertiary/aromatic N) is 2. The van der Waals surface area contributed by atoms with Crippen molar-refractivity contribution in [3.63, 3.8) is 0 Å². The third kappa shape index (κ3) is 4.03. The molecule has 2 aromatic carbocycles. The van der Waals surface area contributed by atoms with Gasteiger partial charge in [0.1, 0.15) is 5.82 Å². The maximum Gasteiger partial charge on any atom is 0.223 e. The summed E-state index contributed by atoms with van der Waals surface area (Å²) >= 11 is 0. The molecule has 1 aliphatic heterocycles. The Morgan fingerprint density at radius 3 is 2.74 bits per heavy atom. The molecular formula is C23H23F2N5O. The van der Waals surface area contributed by atoms with Gasteiger partial charge in [0.25, 0.3) is 0 Å². The van der Waals surface area contributed by atoms with Crippen molar-refractivity contribution < 1.29 is 13.6 Å². The first-order valence-electron chi connectivity index (χ1n) is 10.5. The van der Waals surface area contributed by atoms with Gasteiger partial charge < -0.3 is 15.3 Å². The molecule has 160 valence electrons. The Bertz CT molecular complexity index is 1200. The third-order valence-corrected chi connectivity index (χ3v) is 6.03. The molecule has 8 heteroatoms. The summed E-state index contributed by atoms with van der Waals surface area (Å²) in [6.07, 6.45) is 3.66. The predicted octanol–water partition coefficient (Wildman–Crippen LogP) is 3.85. The zero-order valence-electron chi connectivity index (χ0n) is 16.9. The van der Waals surface area contributed by atoms with Crippen molar-refractivity contribution in [3.05, 3.63) is 65.6 Å². The van der Waals surface area contributed by atoms with E-state index >= 15 is 0 Å². The highest BCUT2D eigenvalue weighted by atomic mass is 19.2. The van der Waals surface area contributed by atoms with E-state index in [-0.39, 0.29) is 18.4 Å². The Balaban J connectivity index is 1.14. The van der Waals surface area contributed by atoms with Crippen molar-refractivity contribution in [1.82, 2.24) is 25.2 Å². The Morgan fingerprint density at radius 1 is 1.13 bits per heavy atom. The van der Waals surface area contributed by atoms with Crippen molar-refractivity contribution in [2.45, 2.75) is 25.9 Å². The average molecular weight is 423 g/mol. The Kier molecular flexibility index (Phi) is 5.15. The van der Waals surface area contributed by atoms with E-state index in [1.807, 2.05) is 12.1 Å². The number of hydrogen-bond acceptors (Lipinski definition) is 3. The smallest absolute Gasteiger partial charge is 0.223 e. The summed E-state index contributed by atoms with van der Waals surface area (Å²) < 4.78 is 26.7. The number of para-hydroxylation sites is 1. The van der Waals surface area contributed by atoms with E-state index in [0.29, 0.717) is 16.9 Å². The number of carbonyl (C=O) groups is 1. The van der Waals surface area contributed by atoms with Crippen LogP contribution in [0.2, 0.25) is 0 Å². The normalized spacial score (nSPS) is 15.7. The number of halogens is 2. The Labute approximate surface area is 177 Å². The highest BCUT2D eigenvalue weighted by Crippen LogP contribution is 2.23. The van der Waals surface area contributed by atoms with Gasteiger partial charge in [0.05, 0.1) is 17.6 Å². The Morgan fingerprint density at radius 2 is 1.90 bits per heavy atom. The molecule has 0 bridgehead atoms. The first-order valence-corrected chi connectivity index (χ1v) is 10.5. The molecule has 0 radical (unpaired) electrons. The number of amides is 1. The summed E-state index contributed by atoms with van der Waals surface area (Å²) in [5, 5.41) is 4.14. The molecule has 31 heavy (non-hydrogen) atoms. The Hall–Kier alpha value is -3.26. The van der Waals surface area contributed by atoms with Crippen LogP contribution in [0, 0.1) is 17.6 Å². The summed E-state index contributed by atoms with van der Waals surface area (Å²) in [5.41, 5.74) is 3.17. The highest BCUT2D eigenvalue weighted by Gasteiger charge is 2.25. The molecule has 4 aromatic rings. The van der Waals surface area contributed by atoms with Gasteiger partial charge in [-0.3, -0.25) is 9.69 Å². The van der Waals surface area contributed by atoms with Gasteiger partial charge in [-0.05, 0) is 37.6 Å². The van der Waals surface area contributed by atoms with E-state index in [9.17, 15) is 13.6 Å². The van der Waals surface area contributed by atoms with Gasteiger partial charge in [-0.15, -0.1) is 0 Å². The number of likely N-dealkylation sites (tertiary alicyclic amines) is 1.